The van der Waals surface area contributed by atoms with E-state index >= 15 is 0 Å². The topological polar surface area (TPSA) is 62.2 Å². The molecule has 2 heterocycles. The number of aromatic nitrogens is 1. The molecule has 4 nitrogen and oxygen atoms in total. The number of nitrogens with zero attached hydrogens (tertiary/aromatic N) is 1. The third-order valence-electron chi connectivity index (χ3n) is 2.43. The fourth-order valence-electron chi connectivity index (χ4n) is 1.58. The van der Waals surface area contributed by atoms with Crippen molar-refractivity contribution in [3.8, 4) is 0 Å². The summed E-state index contributed by atoms with van der Waals surface area (Å²) in [4.78, 5) is 16.4. The van der Waals surface area contributed by atoms with E-state index < -0.39 is 5.97 Å². The molecule has 2 rings (SSSR count). The zero-order valence-electron chi connectivity index (χ0n) is 9.61. The average molecular weight is 327 g/mol. The van der Waals surface area contributed by atoms with Gasteiger partial charge < -0.3 is 10.4 Å². The fourth-order valence-corrected chi connectivity index (χ4v) is 3.00. The van der Waals surface area contributed by atoms with E-state index in [1.807, 2.05) is 12.1 Å². The van der Waals surface area contributed by atoms with Crippen LogP contribution in [0.3, 0.4) is 0 Å². The Labute approximate surface area is 117 Å². The Hall–Kier alpha value is -1.40. The Morgan fingerprint density at radius 1 is 1.50 bits per heavy atom. The van der Waals surface area contributed by atoms with E-state index in [0.29, 0.717) is 17.9 Å². The number of thiophene rings is 1. The molecule has 2 aromatic rings. The minimum atomic E-state index is -0.963. The predicted octanol–water partition coefficient (Wildman–Crippen LogP) is 3.52. The summed E-state index contributed by atoms with van der Waals surface area (Å²) in [5, 5.41) is 12.2. The van der Waals surface area contributed by atoms with Crippen LogP contribution < -0.4 is 5.32 Å². The molecule has 0 radical (unpaired) electrons. The van der Waals surface area contributed by atoms with Gasteiger partial charge in [-0.15, -0.1) is 11.3 Å². The summed E-state index contributed by atoms with van der Waals surface area (Å²) in [5.41, 5.74) is 0.931. The second-order valence-electron chi connectivity index (χ2n) is 3.72. The van der Waals surface area contributed by atoms with Crippen LogP contribution in [0.2, 0.25) is 0 Å². The van der Waals surface area contributed by atoms with E-state index in [1.54, 1.807) is 30.5 Å². The zero-order valence-corrected chi connectivity index (χ0v) is 12.0. The number of carboxylic acids is 1. The largest absolute Gasteiger partial charge is 0.478 e. The predicted molar refractivity (Wildman–Crippen MR) is 75.3 cm³/mol. The van der Waals surface area contributed by atoms with E-state index in [9.17, 15) is 4.79 Å². The van der Waals surface area contributed by atoms with E-state index in [1.165, 1.54) is 0 Å². The lowest BCUT2D eigenvalue weighted by Gasteiger charge is -2.09. The number of carboxylic acid groups (broad SMARTS) is 1. The molecule has 0 atom stereocenters. The van der Waals surface area contributed by atoms with Crippen molar-refractivity contribution in [2.45, 2.75) is 13.5 Å². The smallest absolute Gasteiger partial charge is 0.339 e. The third kappa shape index (κ3) is 2.88. The van der Waals surface area contributed by atoms with E-state index in [2.05, 4.69) is 26.2 Å². The standard InChI is InChI=1S/C12H11BrN2O2S/c1-7-4-5-14-11(10(7)12(16)17)15-6-8-2-3-9(13)18-8/h2-5H,6H2,1H3,(H,14,15)(H,16,17). The minimum absolute atomic E-state index is 0.230. The summed E-state index contributed by atoms with van der Waals surface area (Å²) in [5.74, 6) is -0.553. The van der Waals surface area contributed by atoms with Crippen molar-refractivity contribution in [1.82, 2.24) is 4.98 Å². The van der Waals surface area contributed by atoms with E-state index in [4.69, 9.17) is 5.11 Å². The average Bonchev–Trinajstić information content (AvgIpc) is 2.72. The number of anilines is 1. The summed E-state index contributed by atoms with van der Waals surface area (Å²) < 4.78 is 1.05. The lowest BCUT2D eigenvalue weighted by molar-refractivity contribution is 0.0697. The Morgan fingerprint density at radius 2 is 2.28 bits per heavy atom. The van der Waals surface area contributed by atoms with Crippen LogP contribution in [-0.2, 0) is 6.54 Å². The highest BCUT2D eigenvalue weighted by molar-refractivity contribution is 9.11. The van der Waals surface area contributed by atoms with Gasteiger partial charge in [0.15, 0.2) is 0 Å². The van der Waals surface area contributed by atoms with Crippen LogP contribution in [0, 0.1) is 6.92 Å². The molecule has 0 aliphatic rings. The van der Waals surface area contributed by atoms with Gasteiger partial charge in [-0.05, 0) is 46.6 Å². The molecule has 0 bridgehead atoms. The highest BCUT2D eigenvalue weighted by Gasteiger charge is 2.14. The number of pyridine rings is 1. The third-order valence-corrected chi connectivity index (χ3v) is 4.06. The van der Waals surface area contributed by atoms with Gasteiger partial charge in [0.1, 0.15) is 11.4 Å². The summed E-state index contributed by atoms with van der Waals surface area (Å²) in [6.45, 7) is 2.32. The van der Waals surface area contributed by atoms with Gasteiger partial charge in [-0.1, -0.05) is 0 Å². The Morgan fingerprint density at radius 3 is 2.89 bits per heavy atom. The number of carbonyl (C=O) groups is 1. The quantitative estimate of drug-likeness (QED) is 0.902. The normalized spacial score (nSPS) is 10.3. The maximum Gasteiger partial charge on any atom is 0.339 e. The van der Waals surface area contributed by atoms with Crippen LogP contribution in [0.4, 0.5) is 5.82 Å². The molecule has 0 aliphatic heterocycles. The first-order valence-electron chi connectivity index (χ1n) is 5.25. The molecule has 2 N–H and O–H groups in total. The lowest BCUT2D eigenvalue weighted by atomic mass is 10.1. The van der Waals surface area contributed by atoms with E-state index in [0.717, 1.165) is 8.66 Å². The highest BCUT2D eigenvalue weighted by atomic mass is 79.9. The Bertz CT molecular complexity index is 583. The van der Waals surface area contributed by atoms with Crippen LogP contribution >= 0.6 is 27.3 Å². The molecule has 0 unspecified atom stereocenters. The molecular formula is C12H11BrN2O2S. The first-order valence-corrected chi connectivity index (χ1v) is 6.86. The molecule has 0 spiro atoms. The van der Waals surface area contributed by atoms with Crippen molar-refractivity contribution in [3.63, 3.8) is 0 Å². The van der Waals surface area contributed by atoms with Crippen molar-refractivity contribution in [1.29, 1.82) is 0 Å². The molecule has 94 valence electrons. The van der Waals surface area contributed by atoms with Crippen molar-refractivity contribution >= 4 is 39.1 Å². The lowest BCUT2D eigenvalue weighted by Crippen LogP contribution is -2.09. The molecule has 0 saturated carbocycles. The van der Waals surface area contributed by atoms with E-state index in [-0.39, 0.29) is 5.56 Å². The molecule has 0 fully saturated rings. The van der Waals surface area contributed by atoms with Crippen molar-refractivity contribution in [2.75, 3.05) is 5.32 Å². The number of aryl methyl sites for hydroxylation is 1. The van der Waals surface area contributed by atoms with Crippen molar-refractivity contribution in [3.05, 3.63) is 44.2 Å². The summed E-state index contributed by atoms with van der Waals surface area (Å²) >= 11 is 4.99. The van der Waals surface area contributed by atoms with Crippen LogP contribution in [0.25, 0.3) is 0 Å². The molecule has 0 saturated heterocycles. The second-order valence-corrected chi connectivity index (χ2v) is 6.26. The molecule has 0 aliphatic carbocycles. The zero-order chi connectivity index (χ0) is 13.1. The molecule has 0 aromatic carbocycles. The molecule has 6 heteroatoms. The van der Waals surface area contributed by atoms with Crippen LogP contribution in [-0.4, -0.2) is 16.1 Å². The van der Waals surface area contributed by atoms with Gasteiger partial charge in [0, 0.05) is 11.1 Å². The van der Waals surface area contributed by atoms with Gasteiger partial charge in [0.05, 0.1) is 10.3 Å². The molecule has 0 amide bonds. The van der Waals surface area contributed by atoms with Gasteiger partial charge in [-0.3, -0.25) is 0 Å². The monoisotopic (exact) mass is 326 g/mol. The first-order chi connectivity index (χ1) is 8.58. The molecule has 18 heavy (non-hydrogen) atoms. The van der Waals surface area contributed by atoms with Crippen LogP contribution in [0.15, 0.2) is 28.2 Å². The summed E-state index contributed by atoms with van der Waals surface area (Å²) in [6, 6.07) is 5.64. The van der Waals surface area contributed by atoms with Gasteiger partial charge in [0.25, 0.3) is 0 Å². The van der Waals surface area contributed by atoms with Gasteiger partial charge in [-0.25, -0.2) is 9.78 Å². The molecular weight excluding hydrogens is 316 g/mol. The first kappa shape index (κ1) is 13.0. The minimum Gasteiger partial charge on any atom is -0.478 e. The highest BCUT2D eigenvalue weighted by Crippen LogP contribution is 2.23. The maximum atomic E-state index is 11.2. The van der Waals surface area contributed by atoms with Gasteiger partial charge in [0.2, 0.25) is 0 Å². The van der Waals surface area contributed by atoms with Crippen LogP contribution in [0.5, 0.6) is 0 Å². The number of halogens is 1. The number of hydrogen-bond donors (Lipinski definition) is 2. The van der Waals surface area contributed by atoms with Gasteiger partial charge in [-0.2, -0.15) is 0 Å². The molecule has 2 aromatic heterocycles. The second kappa shape index (κ2) is 5.49. The summed E-state index contributed by atoms with van der Waals surface area (Å²) in [7, 11) is 0. The number of hydrogen-bond acceptors (Lipinski definition) is 4. The van der Waals surface area contributed by atoms with Gasteiger partial charge >= 0.3 is 5.97 Å². The number of nitrogens with one attached hydrogen (secondary N) is 1. The Kier molecular flexibility index (Phi) is 3.98. The SMILES string of the molecule is Cc1ccnc(NCc2ccc(Br)s2)c1C(=O)O. The number of rotatable bonds is 4. The Balaban J connectivity index is 2.19. The van der Waals surface area contributed by atoms with Crippen LogP contribution in [0.1, 0.15) is 20.8 Å². The fraction of sp³-hybridized carbons (Fsp3) is 0.167. The maximum absolute atomic E-state index is 11.2. The van der Waals surface area contributed by atoms with Crippen molar-refractivity contribution in [2.24, 2.45) is 0 Å². The van der Waals surface area contributed by atoms with Crippen molar-refractivity contribution < 1.29 is 9.90 Å². The summed E-state index contributed by atoms with van der Waals surface area (Å²) in [6.07, 6.45) is 1.61. The number of aromatic carboxylic acids is 1.